The normalized spacial score (nSPS) is 11.3. The first-order valence-corrected chi connectivity index (χ1v) is 20.7. The van der Waals surface area contributed by atoms with E-state index in [4.69, 9.17) is 26.6 Å². The fourth-order valence-electron chi connectivity index (χ4n) is 2.37. The Morgan fingerprint density at radius 3 is 1.14 bits per heavy atom. The van der Waals surface area contributed by atoms with Gasteiger partial charge in [0.25, 0.3) is 17.9 Å². The van der Waals surface area contributed by atoms with Gasteiger partial charge in [0.1, 0.15) is 0 Å². The molecule has 9 nitrogen and oxygen atoms in total. The summed E-state index contributed by atoms with van der Waals surface area (Å²) in [5.41, 5.74) is 0. The van der Waals surface area contributed by atoms with Crippen molar-refractivity contribution in [3.05, 3.63) is 0 Å². The van der Waals surface area contributed by atoms with Gasteiger partial charge in [-0.2, -0.15) is 0 Å². The second kappa shape index (κ2) is 21.1. The van der Waals surface area contributed by atoms with Gasteiger partial charge in [0.15, 0.2) is 0 Å². The molecule has 210 valence electrons. The highest BCUT2D eigenvalue weighted by Gasteiger charge is 2.27. The molecule has 0 aliphatic rings. The van der Waals surface area contributed by atoms with E-state index in [0.29, 0.717) is 6.42 Å². The number of carbonyl (C=O) groups is 3. The van der Waals surface area contributed by atoms with Crippen LogP contribution < -0.4 is 0 Å². The monoisotopic (exact) mass is 556 g/mol. The Labute approximate surface area is 217 Å². The van der Waals surface area contributed by atoms with Gasteiger partial charge in [-0.3, -0.25) is 14.4 Å². The van der Waals surface area contributed by atoms with Crippen LogP contribution in [0.5, 0.6) is 0 Å². The van der Waals surface area contributed by atoms with Gasteiger partial charge in [-0.15, -0.1) is 0 Å². The van der Waals surface area contributed by atoms with Crippen molar-refractivity contribution in [3.8, 4) is 0 Å². The molecule has 0 saturated heterocycles. The Kier molecular flexibility index (Phi) is 23.2. The van der Waals surface area contributed by atoms with Crippen molar-refractivity contribution in [2.75, 3.05) is 21.3 Å². The molecular formula is C23H52O9Si3. The molecule has 0 atom stereocenters. The molecule has 12 heteroatoms. The van der Waals surface area contributed by atoms with Crippen molar-refractivity contribution >= 4 is 43.6 Å². The number of rotatable bonds is 14. The minimum atomic E-state index is -2.18. The molecule has 0 aliphatic heterocycles. The minimum absolute atomic E-state index is 0.0999. The Morgan fingerprint density at radius 1 is 0.543 bits per heavy atom. The van der Waals surface area contributed by atoms with E-state index in [1.54, 1.807) is 21.3 Å². The predicted octanol–water partition coefficient (Wildman–Crippen LogP) is 5.81. The lowest BCUT2D eigenvalue weighted by Crippen LogP contribution is -2.35. The molecule has 35 heavy (non-hydrogen) atoms. The molecule has 0 heterocycles. The Morgan fingerprint density at radius 2 is 0.857 bits per heavy atom. The largest absolute Gasteiger partial charge is 0.495 e. The van der Waals surface area contributed by atoms with Crippen molar-refractivity contribution in [2.24, 2.45) is 0 Å². The summed E-state index contributed by atoms with van der Waals surface area (Å²) in [6.45, 7) is 16.0. The molecule has 0 unspecified atom stereocenters. The van der Waals surface area contributed by atoms with E-state index >= 15 is 0 Å². The van der Waals surface area contributed by atoms with Gasteiger partial charge in [0.05, 0.1) is 0 Å². The maximum atomic E-state index is 11.5. The lowest BCUT2D eigenvalue weighted by molar-refractivity contribution is -0.137. The van der Waals surface area contributed by atoms with Crippen molar-refractivity contribution < 1.29 is 40.9 Å². The van der Waals surface area contributed by atoms with Crippen LogP contribution in [0.4, 0.5) is 0 Å². The van der Waals surface area contributed by atoms with Gasteiger partial charge >= 0.3 is 25.7 Å². The Bertz CT molecular complexity index is 555. The summed E-state index contributed by atoms with van der Waals surface area (Å²) in [6.07, 6.45) is 9.07. The average molecular weight is 557 g/mol. The van der Waals surface area contributed by atoms with Crippen LogP contribution in [0.2, 0.25) is 39.3 Å². The van der Waals surface area contributed by atoms with Crippen LogP contribution in [0.25, 0.3) is 0 Å². The summed E-state index contributed by atoms with van der Waals surface area (Å²) in [5.74, 6) is -0.640. The molecule has 0 aliphatic carbocycles. The topological polar surface area (TPSA) is 107 Å². The first kappa shape index (κ1) is 38.5. The molecule has 0 bridgehead atoms. The molecule has 0 spiro atoms. The fourth-order valence-corrected chi connectivity index (χ4v) is 4.65. The van der Waals surface area contributed by atoms with E-state index in [9.17, 15) is 14.4 Å². The van der Waals surface area contributed by atoms with Gasteiger partial charge < -0.3 is 26.6 Å². The molecule has 0 rings (SSSR count). The van der Waals surface area contributed by atoms with Gasteiger partial charge in [0.2, 0.25) is 0 Å². The second-order valence-corrected chi connectivity index (χ2v) is 19.6. The van der Waals surface area contributed by atoms with Crippen molar-refractivity contribution in [2.45, 2.75) is 111 Å². The predicted molar refractivity (Wildman–Crippen MR) is 146 cm³/mol. The molecule has 0 amide bonds. The molecule has 0 aromatic carbocycles. The molecular weight excluding hydrogens is 505 g/mol. The minimum Gasteiger partial charge on any atom is -0.495 e. The summed E-state index contributed by atoms with van der Waals surface area (Å²) >= 11 is 0. The summed E-state index contributed by atoms with van der Waals surface area (Å²) in [7, 11) is -1.65. The van der Waals surface area contributed by atoms with Crippen LogP contribution in [0.3, 0.4) is 0 Å². The van der Waals surface area contributed by atoms with E-state index in [2.05, 4.69) is 6.92 Å². The van der Waals surface area contributed by atoms with Crippen LogP contribution >= 0.6 is 0 Å². The molecule has 0 fully saturated rings. The van der Waals surface area contributed by atoms with E-state index in [0.717, 1.165) is 12.8 Å². The zero-order valence-electron chi connectivity index (χ0n) is 24.3. The molecule has 0 aromatic heterocycles. The molecule has 0 N–H and O–H groups in total. The maximum Gasteiger partial charge on any atom is 0.394 e. The van der Waals surface area contributed by atoms with Gasteiger partial charge in [0, 0.05) is 41.6 Å². The number of hydrogen-bond acceptors (Lipinski definition) is 9. The van der Waals surface area contributed by atoms with Crippen LogP contribution in [-0.2, 0) is 40.9 Å². The van der Waals surface area contributed by atoms with Gasteiger partial charge in [-0.05, 0) is 45.7 Å². The third-order valence-corrected chi connectivity index (χ3v) is 9.82. The van der Waals surface area contributed by atoms with Crippen LogP contribution in [0.1, 0.15) is 72.1 Å². The third-order valence-electron chi connectivity index (χ3n) is 4.60. The quantitative estimate of drug-likeness (QED) is 0.193. The van der Waals surface area contributed by atoms with E-state index in [-0.39, 0.29) is 17.9 Å². The van der Waals surface area contributed by atoms with Crippen LogP contribution in [-0.4, -0.2) is 64.9 Å². The SMILES string of the molecule is CCCCCCCCCC(=O)O[Si](C)(C)OC.CO[Si](C)(C)OC(C)=O.CO[Si](C)(C)OC(C)=O. The molecule has 0 radical (unpaired) electrons. The first-order chi connectivity index (χ1) is 16.0. The average Bonchev–Trinajstić information content (AvgIpc) is 2.72. The highest BCUT2D eigenvalue weighted by Crippen LogP contribution is 2.11. The standard InChI is InChI=1S/C13H28O3Si.2C5H12O3Si/c1-5-6-7-8-9-10-11-12-13(14)16-17(3,4)15-2;2*1-5(6)8-9(3,4)7-2/h5-12H2,1-4H3;2*1-4H3. The fraction of sp³-hybridized carbons (Fsp3) is 0.870. The lowest BCUT2D eigenvalue weighted by Gasteiger charge is -2.19. The van der Waals surface area contributed by atoms with Crippen LogP contribution in [0, 0.1) is 0 Å². The highest BCUT2D eigenvalue weighted by atomic mass is 28.4. The van der Waals surface area contributed by atoms with Crippen molar-refractivity contribution in [1.82, 2.24) is 0 Å². The summed E-state index contributed by atoms with van der Waals surface area (Å²) < 4.78 is 30.1. The first-order valence-electron chi connectivity index (χ1n) is 12.2. The summed E-state index contributed by atoms with van der Waals surface area (Å²) in [6, 6.07) is 0. The zero-order chi connectivity index (χ0) is 28.1. The van der Waals surface area contributed by atoms with Crippen molar-refractivity contribution in [3.63, 3.8) is 0 Å². The second-order valence-electron chi connectivity index (χ2n) is 9.34. The van der Waals surface area contributed by atoms with E-state index < -0.39 is 25.7 Å². The molecule has 0 aromatic rings. The van der Waals surface area contributed by atoms with E-state index in [1.807, 2.05) is 39.3 Å². The van der Waals surface area contributed by atoms with Gasteiger partial charge in [-0.1, -0.05) is 45.4 Å². The number of unbranched alkanes of at least 4 members (excludes halogenated alkanes) is 6. The third kappa shape index (κ3) is 30.9. The summed E-state index contributed by atoms with van der Waals surface area (Å²) in [4.78, 5) is 32.2. The smallest absolute Gasteiger partial charge is 0.394 e. The Balaban J connectivity index is -0.000000481. The molecule has 0 saturated carbocycles. The highest BCUT2D eigenvalue weighted by molar-refractivity contribution is 6.66. The Hall–Kier alpha value is -1.06. The maximum absolute atomic E-state index is 11.5. The lowest BCUT2D eigenvalue weighted by atomic mass is 10.1. The zero-order valence-corrected chi connectivity index (χ0v) is 27.3. The summed E-state index contributed by atoms with van der Waals surface area (Å²) in [5, 5.41) is 0. The van der Waals surface area contributed by atoms with Crippen LogP contribution in [0.15, 0.2) is 0 Å². The number of carbonyl (C=O) groups excluding carboxylic acids is 3. The number of hydrogen-bond donors (Lipinski definition) is 0. The van der Waals surface area contributed by atoms with Crippen molar-refractivity contribution in [1.29, 1.82) is 0 Å². The van der Waals surface area contributed by atoms with E-state index in [1.165, 1.54) is 46.0 Å². The van der Waals surface area contributed by atoms with Gasteiger partial charge in [-0.25, -0.2) is 0 Å².